The predicted octanol–water partition coefficient (Wildman–Crippen LogP) is 2.85. The molecule has 1 amide bonds. The maximum atomic E-state index is 12.2. The van der Waals surface area contributed by atoms with E-state index in [1.807, 2.05) is 43.5 Å². The molecule has 0 unspecified atom stereocenters. The Kier molecular flexibility index (Phi) is 6.35. The minimum atomic E-state index is -0.330. The molecule has 0 aliphatic rings. The Morgan fingerprint density at radius 2 is 1.88 bits per heavy atom. The molecule has 0 radical (unpaired) electrons. The van der Waals surface area contributed by atoms with Crippen molar-refractivity contribution >= 4 is 17.4 Å². The standard InChI is InChI=1S/C23H23N7O2/c1-16-25-13-17(22(26-16)27-18-7-3-2-4-8-18)14-30-15-19(28-29-30)11-12-24-23(32)20-9-5-6-10-21(20)31/h2-10,13,15,31H,11-12,14H2,1H3,(H,24,32)(H,25,26,27). The lowest BCUT2D eigenvalue weighted by atomic mass is 10.2. The van der Waals surface area contributed by atoms with E-state index in [9.17, 15) is 9.90 Å². The van der Waals surface area contributed by atoms with Crippen LogP contribution in [0.5, 0.6) is 5.75 Å². The van der Waals surface area contributed by atoms with Gasteiger partial charge in [0.2, 0.25) is 0 Å². The van der Waals surface area contributed by atoms with Gasteiger partial charge in [-0.05, 0) is 31.2 Å². The van der Waals surface area contributed by atoms with E-state index in [1.165, 1.54) is 6.07 Å². The van der Waals surface area contributed by atoms with Crippen LogP contribution in [0.1, 0.15) is 27.4 Å². The number of phenols is 1. The second kappa shape index (κ2) is 9.69. The number of para-hydroxylation sites is 2. The molecule has 0 spiro atoms. The van der Waals surface area contributed by atoms with E-state index in [-0.39, 0.29) is 17.2 Å². The minimum Gasteiger partial charge on any atom is -0.507 e. The summed E-state index contributed by atoms with van der Waals surface area (Å²) in [6, 6.07) is 16.2. The van der Waals surface area contributed by atoms with Crippen molar-refractivity contribution in [2.24, 2.45) is 0 Å². The van der Waals surface area contributed by atoms with Crippen LogP contribution in [0.15, 0.2) is 67.0 Å². The first-order chi connectivity index (χ1) is 15.6. The third-order valence-corrected chi connectivity index (χ3v) is 4.76. The summed E-state index contributed by atoms with van der Waals surface area (Å²) in [6.45, 7) is 2.67. The topological polar surface area (TPSA) is 118 Å². The van der Waals surface area contributed by atoms with Crippen molar-refractivity contribution in [3.05, 3.63) is 89.6 Å². The number of aromatic nitrogens is 5. The highest BCUT2D eigenvalue weighted by Crippen LogP contribution is 2.19. The quantitative estimate of drug-likeness (QED) is 0.394. The number of carbonyl (C=O) groups excluding carboxylic acids is 1. The maximum absolute atomic E-state index is 12.2. The molecule has 0 saturated heterocycles. The number of hydrogen-bond acceptors (Lipinski definition) is 7. The predicted molar refractivity (Wildman–Crippen MR) is 120 cm³/mol. The van der Waals surface area contributed by atoms with Gasteiger partial charge in [0.15, 0.2) is 0 Å². The lowest BCUT2D eigenvalue weighted by molar-refractivity contribution is 0.0951. The summed E-state index contributed by atoms with van der Waals surface area (Å²) in [5, 5.41) is 24.2. The lowest BCUT2D eigenvalue weighted by Gasteiger charge is -2.11. The van der Waals surface area contributed by atoms with Gasteiger partial charge in [-0.1, -0.05) is 35.5 Å². The highest BCUT2D eigenvalue weighted by Gasteiger charge is 2.11. The fourth-order valence-corrected chi connectivity index (χ4v) is 3.15. The Hall–Kier alpha value is -4.27. The zero-order chi connectivity index (χ0) is 22.3. The van der Waals surface area contributed by atoms with Gasteiger partial charge in [-0.25, -0.2) is 14.6 Å². The first-order valence-corrected chi connectivity index (χ1v) is 10.2. The van der Waals surface area contributed by atoms with Gasteiger partial charge >= 0.3 is 0 Å². The molecular formula is C23H23N7O2. The number of nitrogens with one attached hydrogen (secondary N) is 2. The Labute approximate surface area is 185 Å². The summed E-state index contributed by atoms with van der Waals surface area (Å²) in [5.41, 5.74) is 2.80. The summed E-state index contributed by atoms with van der Waals surface area (Å²) >= 11 is 0. The van der Waals surface area contributed by atoms with Gasteiger partial charge in [0.05, 0.1) is 17.8 Å². The molecule has 0 fully saturated rings. The number of anilines is 2. The largest absolute Gasteiger partial charge is 0.507 e. The smallest absolute Gasteiger partial charge is 0.255 e. The van der Waals surface area contributed by atoms with Crippen LogP contribution < -0.4 is 10.6 Å². The maximum Gasteiger partial charge on any atom is 0.255 e. The van der Waals surface area contributed by atoms with Crippen molar-refractivity contribution in [3.63, 3.8) is 0 Å². The van der Waals surface area contributed by atoms with Gasteiger partial charge < -0.3 is 15.7 Å². The SMILES string of the molecule is Cc1ncc(Cn2cc(CCNC(=O)c3ccccc3O)nn2)c(Nc2ccccc2)n1. The first-order valence-electron chi connectivity index (χ1n) is 10.2. The van der Waals surface area contributed by atoms with Crippen molar-refractivity contribution in [1.29, 1.82) is 0 Å². The van der Waals surface area contributed by atoms with Crippen molar-refractivity contribution < 1.29 is 9.90 Å². The summed E-state index contributed by atoms with van der Waals surface area (Å²) < 4.78 is 1.71. The highest BCUT2D eigenvalue weighted by molar-refractivity contribution is 5.96. The number of phenolic OH excluding ortho intramolecular Hbond substituents is 1. The Morgan fingerprint density at radius 1 is 1.09 bits per heavy atom. The molecule has 0 aliphatic heterocycles. The highest BCUT2D eigenvalue weighted by atomic mass is 16.3. The van der Waals surface area contributed by atoms with Gasteiger partial charge in [-0.15, -0.1) is 5.10 Å². The van der Waals surface area contributed by atoms with Gasteiger partial charge in [0, 0.05) is 36.6 Å². The molecule has 0 atom stereocenters. The van der Waals surface area contributed by atoms with Gasteiger partial charge in [0.1, 0.15) is 17.4 Å². The number of aromatic hydroxyl groups is 1. The molecule has 9 nitrogen and oxygen atoms in total. The first kappa shape index (κ1) is 21.0. The van der Waals surface area contributed by atoms with Crippen LogP contribution in [-0.4, -0.2) is 42.5 Å². The van der Waals surface area contributed by atoms with Gasteiger partial charge in [-0.2, -0.15) is 0 Å². The van der Waals surface area contributed by atoms with Crippen molar-refractivity contribution in [3.8, 4) is 5.75 Å². The van der Waals surface area contributed by atoms with E-state index in [0.29, 0.717) is 25.3 Å². The van der Waals surface area contributed by atoms with E-state index in [0.717, 1.165) is 22.8 Å². The van der Waals surface area contributed by atoms with Crippen LogP contribution in [0.25, 0.3) is 0 Å². The molecule has 9 heteroatoms. The molecular weight excluding hydrogens is 406 g/mol. The van der Waals surface area contributed by atoms with E-state index in [2.05, 4.69) is 30.9 Å². The third-order valence-electron chi connectivity index (χ3n) is 4.76. The minimum absolute atomic E-state index is 0.0452. The summed E-state index contributed by atoms with van der Waals surface area (Å²) in [7, 11) is 0. The van der Waals surface area contributed by atoms with E-state index in [1.54, 1.807) is 29.1 Å². The summed E-state index contributed by atoms with van der Waals surface area (Å²) in [6.07, 6.45) is 4.12. The van der Waals surface area contributed by atoms with E-state index >= 15 is 0 Å². The number of benzene rings is 2. The number of hydrogen-bond donors (Lipinski definition) is 3. The molecule has 32 heavy (non-hydrogen) atoms. The number of carbonyl (C=O) groups is 1. The van der Waals surface area contributed by atoms with Crippen molar-refractivity contribution in [2.45, 2.75) is 19.9 Å². The number of amides is 1. The van der Waals surface area contributed by atoms with E-state index < -0.39 is 0 Å². The molecule has 2 heterocycles. The molecule has 2 aromatic heterocycles. The van der Waals surface area contributed by atoms with Crippen molar-refractivity contribution in [2.75, 3.05) is 11.9 Å². The van der Waals surface area contributed by atoms with Crippen LogP contribution in [0.3, 0.4) is 0 Å². The molecule has 0 bridgehead atoms. The average molecular weight is 429 g/mol. The second-order valence-corrected chi connectivity index (χ2v) is 7.21. The van der Waals surface area contributed by atoms with Gasteiger partial charge in [0.25, 0.3) is 5.91 Å². The zero-order valence-electron chi connectivity index (χ0n) is 17.6. The fourth-order valence-electron chi connectivity index (χ4n) is 3.15. The normalized spacial score (nSPS) is 10.7. The molecule has 162 valence electrons. The average Bonchev–Trinajstić information content (AvgIpc) is 3.24. The molecule has 3 N–H and O–H groups in total. The van der Waals surface area contributed by atoms with Crippen molar-refractivity contribution in [1.82, 2.24) is 30.3 Å². The van der Waals surface area contributed by atoms with Crippen LogP contribution in [0, 0.1) is 6.92 Å². The second-order valence-electron chi connectivity index (χ2n) is 7.21. The zero-order valence-corrected chi connectivity index (χ0v) is 17.6. The van der Waals surface area contributed by atoms with Crippen LogP contribution in [0.4, 0.5) is 11.5 Å². The van der Waals surface area contributed by atoms with Crippen LogP contribution in [-0.2, 0) is 13.0 Å². The number of aryl methyl sites for hydroxylation is 1. The van der Waals surface area contributed by atoms with E-state index in [4.69, 9.17) is 0 Å². The molecule has 4 rings (SSSR count). The van der Waals surface area contributed by atoms with Gasteiger partial charge in [-0.3, -0.25) is 4.79 Å². The Morgan fingerprint density at radius 3 is 2.69 bits per heavy atom. The summed E-state index contributed by atoms with van der Waals surface area (Å²) in [4.78, 5) is 21.0. The monoisotopic (exact) mass is 429 g/mol. The number of nitrogens with zero attached hydrogens (tertiary/aromatic N) is 5. The molecule has 2 aromatic carbocycles. The Balaban J connectivity index is 1.37. The third kappa shape index (κ3) is 5.25. The lowest BCUT2D eigenvalue weighted by Crippen LogP contribution is -2.25. The molecule has 0 saturated carbocycles. The molecule has 4 aromatic rings. The number of rotatable bonds is 8. The Bertz CT molecular complexity index is 1210. The molecule has 0 aliphatic carbocycles. The van der Waals surface area contributed by atoms with Crippen LogP contribution >= 0.6 is 0 Å². The van der Waals surface area contributed by atoms with Crippen LogP contribution in [0.2, 0.25) is 0 Å². The summed E-state index contributed by atoms with van der Waals surface area (Å²) in [5.74, 6) is 1.02. The fraction of sp³-hybridized carbons (Fsp3) is 0.174.